The molecular formula is C22H24N4O2S2. The number of anilines is 1. The number of benzene rings is 1. The topological polar surface area (TPSA) is 62.5 Å². The molecule has 4 heterocycles. The molecule has 30 heavy (non-hydrogen) atoms. The molecule has 156 valence electrons. The van der Waals surface area contributed by atoms with Gasteiger partial charge in [0.25, 0.3) is 5.91 Å². The van der Waals surface area contributed by atoms with Gasteiger partial charge in [0, 0.05) is 32.1 Å². The van der Waals surface area contributed by atoms with Gasteiger partial charge in [-0.05, 0) is 44.9 Å². The number of likely N-dealkylation sites (tertiary alicyclic amines) is 1. The second kappa shape index (κ2) is 8.00. The molecule has 0 bridgehead atoms. The Labute approximate surface area is 183 Å². The number of nitrogens with zero attached hydrogens (tertiary/aromatic N) is 4. The Bertz CT molecular complexity index is 1120. The molecule has 1 aliphatic heterocycles. The van der Waals surface area contributed by atoms with Crippen molar-refractivity contribution in [2.45, 2.75) is 32.6 Å². The van der Waals surface area contributed by atoms with Gasteiger partial charge in [-0.2, -0.15) is 0 Å². The number of amides is 1. The number of thiazole rings is 1. The second-order valence-electron chi connectivity index (χ2n) is 7.54. The van der Waals surface area contributed by atoms with Crippen molar-refractivity contribution in [3.05, 3.63) is 41.1 Å². The first-order valence-electron chi connectivity index (χ1n) is 10.5. The highest BCUT2D eigenvalue weighted by atomic mass is 32.1. The molecule has 0 radical (unpaired) electrons. The van der Waals surface area contributed by atoms with Crippen molar-refractivity contribution in [2.75, 3.05) is 31.1 Å². The van der Waals surface area contributed by atoms with Gasteiger partial charge in [-0.1, -0.05) is 23.5 Å². The third-order valence-electron chi connectivity index (χ3n) is 5.76. The standard InChI is InChI=1S/C22H24N4O2S2/c1-3-25(4-2)22-24-20-17(30-22)13-18(29-20)21(27)26-11-9-14(10-12-26)19-23-15-7-5-6-8-16(15)28-19/h5-8,13-14H,3-4,9-12H2,1-2H3. The van der Waals surface area contributed by atoms with E-state index in [0.29, 0.717) is 0 Å². The predicted molar refractivity (Wildman–Crippen MR) is 123 cm³/mol. The molecule has 4 aromatic rings. The Morgan fingerprint density at radius 3 is 2.63 bits per heavy atom. The summed E-state index contributed by atoms with van der Waals surface area (Å²) in [5.41, 5.74) is 1.74. The van der Waals surface area contributed by atoms with E-state index in [4.69, 9.17) is 9.40 Å². The second-order valence-corrected chi connectivity index (χ2v) is 9.57. The van der Waals surface area contributed by atoms with Crippen LogP contribution in [0.1, 0.15) is 48.2 Å². The molecule has 0 N–H and O–H groups in total. The molecule has 6 nitrogen and oxygen atoms in total. The van der Waals surface area contributed by atoms with E-state index >= 15 is 0 Å². The molecule has 0 atom stereocenters. The number of carbonyl (C=O) groups excluding carboxylic acids is 1. The van der Waals surface area contributed by atoms with Gasteiger partial charge in [-0.15, -0.1) is 11.3 Å². The number of aromatic nitrogens is 2. The van der Waals surface area contributed by atoms with E-state index in [9.17, 15) is 4.79 Å². The SMILES string of the molecule is CCN(CC)c1nc2sc(C(=O)N3CCC(c4nc5ccccc5o4)CC3)cc2s1. The lowest BCUT2D eigenvalue weighted by molar-refractivity contribution is 0.0711. The first-order chi connectivity index (χ1) is 14.7. The van der Waals surface area contributed by atoms with Gasteiger partial charge in [0.05, 0.1) is 9.58 Å². The smallest absolute Gasteiger partial charge is 0.264 e. The molecule has 1 aromatic carbocycles. The van der Waals surface area contributed by atoms with E-state index in [0.717, 1.165) is 75.6 Å². The Hall–Kier alpha value is -2.45. The van der Waals surface area contributed by atoms with Crippen LogP contribution in [0.3, 0.4) is 0 Å². The largest absolute Gasteiger partial charge is 0.440 e. The Kier molecular flexibility index (Phi) is 5.20. The number of para-hydroxylation sites is 2. The van der Waals surface area contributed by atoms with Crippen molar-refractivity contribution in [1.82, 2.24) is 14.9 Å². The van der Waals surface area contributed by atoms with E-state index in [2.05, 4.69) is 23.7 Å². The first-order valence-corrected chi connectivity index (χ1v) is 12.1. The van der Waals surface area contributed by atoms with Gasteiger partial charge in [0.2, 0.25) is 0 Å². The molecule has 0 aliphatic carbocycles. The number of hydrogen-bond donors (Lipinski definition) is 0. The molecule has 8 heteroatoms. The summed E-state index contributed by atoms with van der Waals surface area (Å²) in [5, 5.41) is 1.04. The highest BCUT2D eigenvalue weighted by Crippen LogP contribution is 2.36. The van der Waals surface area contributed by atoms with Gasteiger partial charge in [0.15, 0.2) is 16.6 Å². The molecular weight excluding hydrogens is 416 g/mol. The lowest BCUT2D eigenvalue weighted by Crippen LogP contribution is -2.37. The fourth-order valence-electron chi connectivity index (χ4n) is 4.01. The summed E-state index contributed by atoms with van der Waals surface area (Å²) in [7, 11) is 0. The predicted octanol–water partition coefficient (Wildman–Crippen LogP) is 5.37. The fourth-order valence-corrected chi connectivity index (χ4v) is 6.31. The van der Waals surface area contributed by atoms with Gasteiger partial charge in [0.1, 0.15) is 10.3 Å². The summed E-state index contributed by atoms with van der Waals surface area (Å²) in [4.78, 5) is 28.4. The van der Waals surface area contributed by atoms with Crippen molar-refractivity contribution in [3.63, 3.8) is 0 Å². The van der Waals surface area contributed by atoms with Gasteiger partial charge in [-0.25, -0.2) is 9.97 Å². The molecule has 5 rings (SSSR count). The van der Waals surface area contributed by atoms with Crippen LogP contribution in [0.2, 0.25) is 0 Å². The fraction of sp³-hybridized carbons (Fsp3) is 0.409. The molecule has 0 unspecified atom stereocenters. The van der Waals surface area contributed by atoms with E-state index in [1.54, 1.807) is 11.3 Å². The molecule has 0 spiro atoms. The van der Waals surface area contributed by atoms with Crippen LogP contribution in [-0.2, 0) is 0 Å². The highest BCUT2D eigenvalue weighted by Gasteiger charge is 2.28. The highest BCUT2D eigenvalue weighted by molar-refractivity contribution is 7.29. The van der Waals surface area contributed by atoms with Crippen LogP contribution in [0.4, 0.5) is 5.13 Å². The third-order valence-corrected chi connectivity index (χ3v) is 7.97. The summed E-state index contributed by atoms with van der Waals surface area (Å²) in [6, 6.07) is 9.88. The van der Waals surface area contributed by atoms with Crippen molar-refractivity contribution in [2.24, 2.45) is 0 Å². The van der Waals surface area contributed by atoms with E-state index in [-0.39, 0.29) is 11.8 Å². The number of hydrogen-bond acceptors (Lipinski definition) is 7. The van der Waals surface area contributed by atoms with E-state index < -0.39 is 0 Å². The number of oxazole rings is 1. The number of thiophene rings is 1. The molecule has 1 fully saturated rings. The summed E-state index contributed by atoms with van der Waals surface area (Å²) in [5.74, 6) is 1.19. The van der Waals surface area contributed by atoms with Crippen LogP contribution in [0.15, 0.2) is 34.7 Å². The summed E-state index contributed by atoms with van der Waals surface area (Å²) in [6.07, 6.45) is 1.76. The third kappa shape index (κ3) is 3.48. The Morgan fingerprint density at radius 1 is 1.17 bits per heavy atom. The Balaban J connectivity index is 1.26. The quantitative estimate of drug-likeness (QED) is 0.418. The molecule has 0 saturated carbocycles. The minimum Gasteiger partial charge on any atom is -0.440 e. The normalized spacial score (nSPS) is 15.3. The number of piperidine rings is 1. The van der Waals surface area contributed by atoms with Gasteiger partial charge >= 0.3 is 0 Å². The maximum Gasteiger partial charge on any atom is 0.264 e. The lowest BCUT2D eigenvalue weighted by atomic mass is 9.96. The monoisotopic (exact) mass is 440 g/mol. The zero-order valence-corrected chi connectivity index (χ0v) is 18.8. The van der Waals surface area contributed by atoms with Crippen LogP contribution in [0.25, 0.3) is 20.6 Å². The zero-order chi connectivity index (χ0) is 20.7. The Morgan fingerprint density at radius 2 is 1.93 bits per heavy atom. The van der Waals surface area contributed by atoms with Gasteiger partial charge in [-0.3, -0.25) is 4.79 Å². The lowest BCUT2D eigenvalue weighted by Gasteiger charge is -2.30. The summed E-state index contributed by atoms with van der Waals surface area (Å²) < 4.78 is 7.05. The van der Waals surface area contributed by atoms with Crippen LogP contribution in [0.5, 0.6) is 0 Å². The van der Waals surface area contributed by atoms with Crippen LogP contribution >= 0.6 is 22.7 Å². The summed E-state index contributed by atoms with van der Waals surface area (Å²) in [6.45, 7) is 7.62. The van der Waals surface area contributed by atoms with Crippen LogP contribution < -0.4 is 4.90 Å². The average molecular weight is 441 g/mol. The maximum atomic E-state index is 13.0. The van der Waals surface area contributed by atoms with Crippen molar-refractivity contribution < 1.29 is 9.21 Å². The van der Waals surface area contributed by atoms with Crippen LogP contribution in [-0.4, -0.2) is 47.0 Å². The minimum atomic E-state index is 0.116. The van der Waals surface area contributed by atoms with Crippen molar-refractivity contribution in [3.8, 4) is 0 Å². The van der Waals surface area contributed by atoms with Gasteiger partial charge < -0.3 is 14.2 Å². The zero-order valence-electron chi connectivity index (χ0n) is 17.1. The molecule has 1 saturated heterocycles. The van der Waals surface area contributed by atoms with E-state index in [1.165, 1.54) is 11.3 Å². The number of carbonyl (C=O) groups is 1. The van der Waals surface area contributed by atoms with E-state index in [1.807, 2.05) is 35.2 Å². The first kappa shape index (κ1) is 19.5. The molecule has 1 aliphatic rings. The van der Waals surface area contributed by atoms with Crippen molar-refractivity contribution >= 4 is 54.3 Å². The number of fused-ring (bicyclic) bond motifs is 2. The van der Waals surface area contributed by atoms with Crippen molar-refractivity contribution in [1.29, 1.82) is 0 Å². The summed E-state index contributed by atoms with van der Waals surface area (Å²) >= 11 is 3.18. The number of rotatable bonds is 5. The van der Waals surface area contributed by atoms with Crippen LogP contribution in [0, 0.1) is 0 Å². The maximum absolute atomic E-state index is 13.0. The minimum absolute atomic E-state index is 0.116. The molecule has 3 aromatic heterocycles. The average Bonchev–Trinajstić information content (AvgIpc) is 3.47. The molecule has 1 amide bonds.